The van der Waals surface area contributed by atoms with E-state index in [1.165, 1.54) is 13.3 Å². The van der Waals surface area contributed by atoms with Crippen LogP contribution in [0.15, 0.2) is 36.5 Å². The zero-order valence-electron chi connectivity index (χ0n) is 17.4. The molecule has 0 bridgehead atoms. The molecule has 156 valence electrons. The first-order valence-corrected chi connectivity index (χ1v) is 9.09. The van der Waals surface area contributed by atoms with E-state index in [-0.39, 0.29) is 6.10 Å². The molecule has 0 radical (unpaired) electrons. The Bertz CT molecular complexity index is 856. The molecule has 0 spiro atoms. The van der Waals surface area contributed by atoms with Crippen LogP contribution < -0.4 is 14.8 Å². The fourth-order valence-corrected chi connectivity index (χ4v) is 2.27. The maximum atomic E-state index is 11.9. The van der Waals surface area contributed by atoms with Gasteiger partial charge in [-0.25, -0.2) is 14.6 Å². The van der Waals surface area contributed by atoms with Gasteiger partial charge in [-0.3, -0.25) is 5.32 Å². The summed E-state index contributed by atoms with van der Waals surface area (Å²) >= 11 is 0. The Hall–Kier alpha value is -3.29. The van der Waals surface area contributed by atoms with Crippen LogP contribution in [0.4, 0.5) is 10.6 Å². The van der Waals surface area contributed by atoms with E-state index in [0.29, 0.717) is 28.6 Å². The van der Waals surface area contributed by atoms with Gasteiger partial charge in [-0.2, -0.15) is 0 Å². The number of ether oxygens (including phenoxy) is 4. The Morgan fingerprint density at radius 1 is 1.03 bits per heavy atom. The minimum absolute atomic E-state index is 0.0735. The zero-order valence-corrected chi connectivity index (χ0v) is 17.4. The second-order valence-corrected chi connectivity index (χ2v) is 7.46. The number of aromatic nitrogens is 1. The smallest absolute Gasteiger partial charge is 0.413 e. The van der Waals surface area contributed by atoms with Crippen molar-refractivity contribution in [2.24, 2.45) is 0 Å². The number of amides is 1. The predicted molar refractivity (Wildman–Crippen MR) is 108 cm³/mol. The Labute approximate surface area is 170 Å². The summed E-state index contributed by atoms with van der Waals surface area (Å²) < 4.78 is 21.4. The van der Waals surface area contributed by atoms with Gasteiger partial charge in [0.05, 0.1) is 25.0 Å². The molecule has 0 saturated carbocycles. The van der Waals surface area contributed by atoms with Crippen LogP contribution in [0.1, 0.15) is 45.0 Å². The topological polar surface area (TPSA) is 96.0 Å². The van der Waals surface area contributed by atoms with E-state index in [0.717, 1.165) is 0 Å². The predicted octanol–water partition coefficient (Wildman–Crippen LogP) is 4.79. The van der Waals surface area contributed by atoms with Gasteiger partial charge in [-0.05, 0) is 58.9 Å². The number of hydrogen-bond acceptors (Lipinski definition) is 7. The lowest BCUT2D eigenvalue weighted by molar-refractivity contribution is 0.0597. The molecule has 0 aliphatic rings. The average molecular weight is 402 g/mol. The molecular formula is C21H26N2O6. The van der Waals surface area contributed by atoms with Crippen molar-refractivity contribution in [3.8, 4) is 17.2 Å². The van der Waals surface area contributed by atoms with Gasteiger partial charge in [0.15, 0.2) is 0 Å². The van der Waals surface area contributed by atoms with E-state index in [2.05, 4.69) is 10.3 Å². The number of benzene rings is 1. The van der Waals surface area contributed by atoms with Gasteiger partial charge < -0.3 is 18.9 Å². The lowest BCUT2D eigenvalue weighted by Gasteiger charge is -2.19. The Kier molecular flexibility index (Phi) is 7.03. The van der Waals surface area contributed by atoms with Gasteiger partial charge in [0.2, 0.25) is 0 Å². The van der Waals surface area contributed by atoms with Crippen molar-refractivity contribution < 1.29 is 28.5 Å². The molecule has 29 heavy (non-hydrogen) atoms. The number of rotatable bonds is 6. The van der Waals surface area contributed by atoms with Crippen molar-refractivity contribution in [3.63, 3.8) is 0 Å². The number of hydrogen-bond donors (Lipinski definition) is 1. The van der Waals surface area contributed by atoms with Crippen molar-refractivity contribution in [2.45, 2.75) is 46.3 Å². The summed E-state index contributed by atoms with van der Waals surface area (Å²) in [5, 5.41) is 2.54. The van der Waals surface area contributed by atoms with Crippen molar-refractivity contribution in [3.05, 3.63) is 42.1 Å². The SMILES string of the molecule is COC(=O)c1cc(Oc2ccc(NC(=O)OC(C)(C)C)nc2)cc(OC(C)C)c1. The summed E-state index contributed by atoms with van der Waals surface area (Å²) in [5.74, 6) is 1.10. The monoisotopic (exact) mass is 402 g/mol. The van der Waals surface area contributed by atoms with Gasteiger partial charge in [-0.15, -0.1) is 0 Å². The fourth-order valence-electron chi connectivity index (χ4n) is 2.27. The molecule has 8 heteroatoms. The maximum Gasteiger partial charge on any atom is 0.413 e. The Morgan fingerprint density at radius 3 is 2.28 bits per heavy atom. The first-order chi connectivity index (χ1) is 13.6. The first kappa shape index (κ1) is 22.0. The van der Waals surface area contributed by atoms with Crippen molar-refractivity contribution in [1.82, 2.24) is 4.98 Å². The fraction of sp³-hybridized carbons (Fsp3) is 0.381. The summed E-state index contributed by atoms with van der Waals surface area (Å²) in [6.07, 6.45) is 0.774. The van der Waals surface area contributed by atoms with Gasteiger partial charge in [-0.1, -0.05) is 0 Å². The molecule has 1 heterocycles. The van der Waals surface area contributed by atoms with E-state index in [1.807, 2.05) is 13.8 Å². The molecule has 8 nitrogen and oxygen atoms in total. The second-order valence-electron chi connectivity index (χ2n) is 7.46. The van der Waals surface area contributed by atoms with Gasteiger partial charge >= 0.3 is 12.1 Å². The standard InChI is InChI=1S/C21H26N2O6/c1-13(2)27-16-9-14(19(24)26-6)10-17(11-16)28-15-7-8-18(22-12-15)23-20(25)29-21(3,4)5/h7-13H,1-6H3,(H,22,23,25). The van der Waals surface area contributed by atoms with E-state index in [9.17, 15) is 9.59 Å². The van der Waals surface area contributed by atoms with Crippen LogP contribution in [-0.4, -0.2) is 35.9 Å². The summed E-state index contributed by atoms with van der Waals surface area (Å²) in [4.78, 5) is 27.8. The highest BCUT2D eigenvalue weighted by atomic mass is 16.6. The third-order valence-corrected chi connectivity index (χ3v) is 3.27. The molecule has 0 saturated heterocycles. The third-order valence-electron chi connectivity index (χ3n) is 3.27. The van der Waals surface area contributed by atoms with Crippen molar-refractivity contribution in [1.29, 1.82) is 0 Å². The molecule has 1 aromatic heterocycles. The normalized spacial score (nSPS) is 11.0. The number of nitrogens with zero attached hydrogens (tertiary/aromatic N) is 1. The maximum absolute atomic E-state index is 11.9. The van der Waals surface area contributed by atoms with E-state index in [4.69, 9.17) is 18.9 Å². The lowest BCUT2D eigenvalue weighted by atomic mass is 10.2. The van der Waals surface area contributed by atoms with Crippen LogP contribution in [0.3, 0.4) is 0 Å². The molecule has 0 unspecified atom stereocenters. The van der Waals surface area contributed by atoms with E-state index in [1.54, 1.807) is 51.1 Å². The quantitative estimate of drug-likeness (QED) is 0.694. The van der Waals surface area contributed by atoms with Crippen molar-refractivity contribution >= 4 is 17.9 Å². The number of esters is 1. The largest absolute Gasteiger partial charge is 0.491 e. The number of anilines is 1. The highest BCUT2D eigenvalue weighted by Crippen LogP contribution is 2.28. The average Bonchev–Trinajstić information content (AvgIpc) is 2.60. The van der Waals surface area contributed by atoms with Crippen LogP contribution in [0.2, 0.25) is 0 Å². The summed E-state index contributed by atoms with van der Waals surface area (Å²) in [6, 6.07) is 8.01. The molecule has 1 aromatic carbocycles. The van der Waals surface area contributed by atoms with Gasteiger partial charge in [0, 0.05) is 6.07 Å². The summed E-state index contributed by atoms with van der Waals surface area (Å²) in [7, 11) is 1.30. The van der Waals surface area contributed by atoms with Crippen LogP contribution in [0, 0.1) is 0 Å². The number of nitrogens with one attached hydrogen (secondary N) is 1. The number of methoxy groups -OCH3 is 1. The van der Waals surface area contributed by atoms with Crippen LogP contribution in [-0.2, 0) is 9.47 Å². The van der Waals surface area contributed by atoms with Gasteiger partial charge in [0.25, 0.3) is 0 Å². The second kappa shape index (κ2) is 9.27. The van der Waals surface area contributed by atoms with E-state index < -0.39 is 17.7 Å². The lowest BCUT2D eigenvalue weighted by Crippen LogP contribution is -2.27. The van der Waals surface area contributed by atoms with Crippen LogP contribution in [0.25, 0.3) is 0 Å². The minimum Gasteiger partial charge on any atom is -0.491 e. The Balaban J connectivity index is 2.14. The minimum atomic E-state index is -0.604. The van der Waals surface area contributed by atoms with Gasteiger partial charge in [0.1, 0.15) is 28.7 Å². The molecule has 0 aliphatic carbocycles. The molecule has 2 aromatic rings. The molecule has 0 atom stereocenters. The number of carbonyl (C=O) groups excluding carboxylic acids is 2. The number of carbonyl (C=O) groups is 2. The molecular weight excluding hydrogens is 376 g/mol. The molecule has 0 aliphatic heterocycles. The summed E-state index contributed by atoms with van der Waals surface area (Å²) in [6.45, 7) is 9.08. The zero-order chi connectivity index (χ0) is 21.6. The number of pyridine rings is 1. The summed E-state index contributed by atoms with van der Waals surface area (Å²) in [5.41, 5.74) is -0.301. The first-order valence-electron chi connectivity index (χ1n) is 9.09. The van der Waals surface area contributed by atoms with Crippen LogP contribution in [0.5, 0.6) is 17.2 Å². The van der Waals surface area contributed by atoms with Crippen LogP contribution >= 0.6 is 0 Å². The molecule has 0 fully saturated rings. The van der Waals surface area contributed by atoms with Crippen molar-refractivity contribution in [2.75, 3.05) is 12.4 Å². The Morgan fingerprint density at radius 2 is 1.72 bits per heavy atom. The highest BCUT2D eigenvalue weighted by molar-refractivity contribution is 5.90. The third kappa shape index (κ3) is 7.33. The van der Waals surface area contributed by atoms with E-state index >= 15 is 0 Å². The highest BCUT2D eigenvalue weighted by Gasteiger charge is 2.17. The molecule has 2 rings (SSSR count). The molecule has 1 N–H and O–H groups in total. The molecule has 1 amide bonds.